The average molecular weight is 399 g/mol. The average Bonchev–Trinajstić information content (AvgIpc) is 2.67. The van der Waals surface area contributed by atoms with E-state index in [4.69, 9.17) is 9.47 Å². The van der Waals surface area contributed by atoms with Gasteiger partial charge in [-0.3, -0.25) is 4.79 Å². The number of nitrogens with zero attached hydrogens (tertiary/aromatic N) is 1. The Bertz CT molecular complexity index is 786. The van der Waals surface area contributed by atoms with Crippen molar-refractivity contribution in [2.45, 2.75) is 12.8 Å². The minimum atomic E-state index is -3.58. The molecule has 150 valence electrons. The first-order valence-electron chi connectivity index (χ1n) is 8.47. The third-order valence-electron chi connectivity index (χ3n) is 4.48. The molecule has 1 aromatic carbocycles. The van der Waals surface area contributed by atoms with E-state index in [9.17, 15) is 23.1 Å². The number of carboxylic acids is 1. The molecule has 9 nitrogen and oxygen atoms in total. The first-order valence-corrected chi connectivity index (χ1v) is 10.1. The fourth-order valence-electron chi connectivity index (χ4n) is 2.87. The maximum absolute atomic E-state index is 12.4. The quantitative estimate of drug-likeness (QED) is 0.608. The SMILES string of the molecule is COc1ccc(C(=O)NCCS(=O)(=O)N2CCC(C(=O)[O-])CC2)c(OC)c1. The van der Waals surface area contributed by atoms with Gasteiger partial charge >= 0.3 is 0 Å². The van der Waals surface area contributed by atoms with Crippen LogP contribution in [0.2, 0.25) is 0 Å². The van der Waals surface area contributed by atoms with E-state index in [0.29, 0.717) is 11.5 Å². The maximum atomic E-state index is 12.4. The largest absolute Gasteiger partial charge is 0.550 e. The number of piperidine rings is 1. The predicted molar refractivity (Wildman–Crippen MR) is 95.0 cm³/mol. The van der Waals surface area contributed by atoms with Crippen LogP contribution in [0.5, 0.6) is 11.5 Å². The Labute approximate surface area is 158 Å². The van der Waals surface area contributed by atoms with E-state index in [1.807, 2.05) is 0 Å². The molecule has 0 spiro atoms. The van der Waals surface area contributed by atoms with Crippen LogP contribution in [0.25, 0.3) is 0 Å². The molecule has 1 aliphatic rings. The molecule has 1 saturated heterocycles. The van der Waals surface area contributed by atoms with Crippen molar-refractivity contribution in [3.8, 4) is 11.5 Å². The molecule has 1 N–H and O–H groups in total. The molecule has 0 saturated carbocycles. The van der Waals surface area contributed by atoms with Crippen molar-refractivity contribution in [2.75, 3.05) is 39.6 Å². The highest BCUT2D eigenvalue weighted by molar-refractivity contribution is 7.89. The summed E-state index contributed by atoms with van der Waals surface area (Å²) in [6.07, 6.45) is 0.466. The van der Waals surface area contributed by atoms with Crippen LogP contribution in [-0.4, -0.2) is 64.2 Å². The summed E-state index contributed by atoms with van der Waals surface area (Å²) >= 11 is 0. The van der Waals surface area contributed by atoms with Gasteiger partial charge in [-0.2, -0.15) is 0 Å². The van der Waals surface area contributed by atoms with E-state index in [2.05, 4.69) is 5.32 Å². The van der Waals surface area contributed by atoms with E-state index in [1.165, 1.54) is 24.6 Å². The van der Waals surface area contributed by atoms with Crippen molar-refractivity contribution in [1.82, 2.24) is 9.62 Å². The van der Waals surface area contributed by atoms with Crippen LogP contribution in [0.4, 0.5) is 0 Å². The fraction of sp³-hybridized carbons (Fsp3) is 0.529. The molecule has 10 heteroatoms. The number of nitrogens with one attached hydrogen (secondary N) is 1. The second kappa shape index (κ2) is 9.05. The fourth-order valence-corrected chi connectivity index (χ4v) is 4.26. The predicted octanol–water partition coefficient (Wildman–Crippen LogP) is -0.775. The van der Waals surface area contributed by atoms with Gasteiger partial charge in [0.15, 0.2) is 0 Å². The zero-order valence-corrected chi connectivity index (χ0v) is 16.1. The molecule has 1 heterocycles. The van der Waals surface area contributed by atoms with Crippen molar-refractivity contribution in [1.29, 1.82) is 0 Å². The summed E-state index contributed by atoms with van der Waals surface area (Å²) in [6.45, 7) is 0.208. The van der Waals surface area contributed by atoms with Gasteiger partial charge < -0.3 is 24.7 Å². The highest BCUT2D eigenvalue weighted by atomic mass is 32.2. The number of carboxylic acid groups (broad SMARTS) is 1. The molecular weight excluding hydrogens is 376 g/mol. The molecule has 2 rings (SSSR count). The number of hydrogen-bond donors (Lipinski definition) is 1. The molecule has 1 aliphatic heterocycles. The molecule has 0 atom stereocenters. The molecule has 0 bridgehead atoms. The summed E-state index contributed by atoms with van der Waals surface area (Å²) < 4.78 is 36.2. The van der Waals surface area contributed by atoms with E-state index < -0.39 is 27.8 Å². The Morgan fingerprint density at radius 3 is 2.44 bits per heavy atom. The van der Waals surface area contributed by atoms with Crippen molar-refractivity contribution < 1.29 is 32.6 Å². The van der Waals surface area contributed by atoms with Crippen LogP contribution < -0.4 is 19.9 Å². The number of amides is 1. The normalized spacial score (nSPS) is 15.9. The van der Waals surface area contributed by atoms with Gasteiger partial charge in [-0.25, -0.2) is 12.7 Å². The van der Waals surface area contributed by atoms with Gasteiger partial charge in [-0.1, -0.05) is 0 Å². The van der Waals surface area contributed by atoms with E-state index in [-0.39, 0.29) is 43.8 Å². The number of hydrogen-bond acceptors (Lipinski definition) is 7. The lowest BCUT2D eigenvalue weighted by Crippen LogP contribution is -2.45. The summed E-state index contributed by atoms with van der Waals surface area (Å²) in [5, 5.41) is 13.4. The minimum Gasteiger partial charge on any atom is -0.550 e. The lowest BCUT2D eigenvalue weighted by Gasteiger charge is -2.31. The van der Waals surface area contributed by atoms with E-state index >= 15 is 0 Å². The number of carbonyl (C=O) groups excluding carboxylic acids is 2. The zero-order valence-electron chi connectivity index (χ0n) is 15.3. The highest BCUT2D eigenvalue weighted by Gasteiger charge is 2.28. The number of ether oxygens (including phenoxy) is 2. The molecule has 1 aromatic rings. The van der Waals surface area contributed by atoms with Gasteiger partial charge in [0, 0.05) is 37.6 Å². The highest BCUT2D eigenvalue weighted by Crippen LogP contribution is 2.24. The number of carbonyl (C=O) groups is 2. The summed E-state index contributed by atoms with van der Waals surface area (Å²) in [4.78, 5) is 23.1. The molecule has 0 aliphatic carbocycles. The van der Waals surface area contributed by atoms with Crippen LogP contribution in [0.3, 0.4) is 0 Å². The summed E-state index contributed by atoms with van der Waals surface area (Å²) in [5.41, 5.74) is 0.269. The topological polar surface area (TPSA) is 125 Å². The van der Waals surface area contributed by atoms with Gasteiger partial charge in [-0.05, 0) is 25.0 Å². The Kier molecular flexibility index (Phi) is 7.03. The van der Waals surface area contributed by atoms with Gasteiger partial charge in [0.25, 0.3) is 5.91 Å². The molecule has 1 fully saturated rings. The van der Waals surface area contributed by atoms with E-state index in [1.54, 1.807) is 12.1 Å². The van der Waals surface area contributed by atoms with Crippen molar-refractivity contribution in [2.24, 2.45) is 5.92 Å². The monoisotopic (exact) mass is 399 g/mol. The summed E-state index contributed by atoms with van der Waals surface area (Å²) in [7, 11) is -0.665. The van der Waals surface area contributed by atoms with E-state index in [0.717, 1.165) is 0 Å². The first-order chi connectivity index (χ1) is 12.8. The number of sulfonamides is 1. The van der Waals surface area contributed by atoms with Gasteiger partial charge in [0.1, 0.15) is 11.5 Å². The number of rotatable bonds is 8. The van der Waals surface area contributed by atoms with Crippen molar-refractivity contribution in [3.05, 3.63) is 23.8 Å². The van der Waals surface area contributed by atoms with Crippen LogP contribution in [0.15, 0.2) is 18.2 Å². The lowest BCUT2D eigenvalue weighted by atomic mass is 9.99. The number of aliphatic carboxylic acids is 1. The third kappa shape index (κ3) is 5.33. The standard InChI is InChI=1S/C17H24N2O7S/c1-25-13-3-4-14(15(11-13)26-2)16(20)18-7-10-27(23,24)19-8-5-12(6-9-19)17(21)22/h3-4,11-12H,5-10H2,1-2H3,(H,18,20)(H,21,22)/p-1. The van der Waals surface area contributed by atoms with Gasteiger partial charge in [0.05, 0.1) is 25.5 Å². The molecular formula is C17H23N2O7S-. The number of methoxy groups -OCH3 is 2. The van der Waals surface area contributed by atoms with Crippen LogP contribution >= 0.6 is 0 Å². The molecule has 27 heavy (non-hydrogen) atoms. The Hall–Kier alpha value is -2.33. The van der Waals surface area contributed by atoms with Gasteiger partial charge in [0.2, 0.25) is 10.0 Å². The van der Waals surface area contributed by atoms with Crippen LogP contribution in [-0.2, 0) is 14.8 Å². The smallest absolute Gasteiger partial charge is 0.255 e. The summed E-state index contributed by atoms with van der Waals surface area (Å²) in [6, 6.07) is 4.70. The second-order valence-electron chi connectivity index (χ2n) is 6.13. The summed E-state index contributed by atoms with van der Waals surface area (Å²) in [5.74, 6) is -1.63. The zero-order chi connectivity index (χ0) is 20.0. The lowest BCUT2D eigenvalue weighted by molar-refractivity contribution is -0.312. The molecule has 1 amide bonds. The number of benzene rings is 1. The molecule has 0 radical (unpaired) electrons. The minimum absolute atomic E-state index is 0.0727. The van der Waals surface area contributed by atoms with Crippen molar-refractivity contribution in [3.63, 3.8) is 0 Å². The van der Waals surface area contributed by atoms with Crippen LogP contribution in [0, 0.1) is 5.92 Å². The van der Waals surface area contributed by atoms with Gasteiger partial charge in [-0.15, -0.1) is 0 Å². The third-order valence-corrected chi connectivity index (χ3v) is 6.35. The van der Waals surface area contributed by atoms with Crippen LogP contribution in [0.1, 0.15) is 23.2 Å². The Morgan fingerprint density at radius 1 is 1.22 bits per heavy atom. The second-order valence-corrected chi connectivity index (χ2v) is 8.22. The molecule has 0 aromatic heterocycles. The molecule has 0 unspecified atom stereocenters. The van der Waals surface area contributed by atoms with Crippen molar-refractivity contribution >= 4 is 21.9 Å². The Morgan fingerprint density at radius 2 is 1.89 bits per heavy atom. The maximum Gasteiger partial charge on any atom is 0.255 e. The first kappa shape index (κ1) is 21.0. The Balaban J connectivity index is 1.90.